The quantitative estimate of drug-likeness (QED) is 0.619. The summed E-state index contributed by atoms with van der Waals surface area (Å²) in [6.45, 7) is 7.76. The van der Waals surface area contributed by atoms with Gasteiger partial charge in [-0.05, 0) is 49.7 Å². The Morgan fingerprint density at radius 3 is 2.24 bits per heavy atom. The number of aromatic nitrogens is 2. The van der Waals surface area contributed by atoms with Crippen LogP contribution in [0.3, 0.4) is 0 Å². The predicted molar refractivity (Wildman–Crippen MR) is 132 cm³/mol. The lowest BCUT2D eigenvalue weighted by Gasteiger charge is -2.36. The van der Waals surface area contributed by atoms with Crippen molar-refractivity contribution in [3.05, 3.63) is 48.8 Å². The second-order valence-corrected chi connectivity index (χ2v) is 9.70. The number of hydrogen-bond acceptors (Lipinski definition) is 5. The highest BCUT2D eigenvalue weighted by Crippen LogP contribution is 2.33. The van der Waals surface area contributed by atoms with Crippen molar-refractivity contribution in [1.82, 2.24) is 19.4 Å². The molecule has 1 aliphatic carbocycles. The lowest BCUT2D eigenvalue weighted by Crippen LogP contribution is -2.49. The molecule has 0 radical (unpaired) electrons. The van der Waals surface area contributed by atoms with Gasteiger partial charge < -0.3 is 19.6 Å². The Kier molecular flexibility index (Phi) is 5.21. The van der Waals surface area contributed by atoms with Crippen LogP contribution < -0.4 is 9.80 Å². The molecule has 1 amide bonds. The van der Waals surface area contributed by atoms with E-state index in [0.29, 0.717) is 11.8 Å². The van der Waals surface area contributed by atoms with Crippen LogP contribution in [0.5, 0.6) is 0 Å². The number of likely N-dealkylation sites (N-methyl/N-ethyl adjacent to an activating group) is 1. The maximum absolute atomic E-state index is 12.4. The van der Waals surface area contributed by atoms with Gasteiger partial charge in [0.05, 0.1) is 11.2 Å². The highest BCUT2D eigenvalue weighted by atomic mass is 16.2. The van der Waals surface area contributed by atoms with Crippen molar-refractivity contribution in [2.75, 3.05) is 69.2 Å². The predicted octanol–water partition coefficient (Wildman–Crippen LogP) is 2.81. The van der Waals surface area contributed by atoms with Gasteiger partial charge in [-0.25, -0.2) is 4.52 Å². The summed E-state index contributed by atoms with van der Waals surface area (Å²) in [5.74, 6) is 0.666. The zero-order chi connectivity index (χ0) is 22.4. The summed E-state index contributed by atoms with van der Waals surface area (Å²) in [7, 11) is 2.19. The van der Waals surface area contributed by atoms with Crippen LogP contribution in [-0.2, 0) is 4.79 Å². The third-order valence-corrected chi connectivity index (χ3v) is 7.41. The smallest absolute Gasteiger partial charge is 0.225 e. The first-order chi connectivity index (χ1) is 16.2. The summed E-state index contributed by atoms with van der Waals surface area (Å²) in [4.78, 5) is 21.7. The molecule has 3 fully saturated rings. The number of nitrogens with zero attached hydrogens (tertiary/aromatic N) is 6. The molecule has 1 aromatic carbocycles. The van der Waals surface area contributed by atoms with E-state index in [1.54, 1.807) is 0 Å². The van der Waals surface area contributed by atoms with Crippen molar-refractivity contribution in [2.24, 2.45) is 5.92 Å². The maximum Gasteiger partial charge on any atom is 0.225 e. The van der Waals surface area contributed by atoms with Crippen molar-refractivity contribution in [3.8, 4) is 11.1 Å². The molecular weight excluding hydrogens is 412 g/mol. The van der Waals surface area contributed by atoms with Crippen LogP contribution in [0.25, 0.3) is 16.6 Å². The van der Waals surface area contributed by atoms with Crippen molar-refractivity contribution in [1.29, 1.82) is 0 Å². The lowest BCUT2D eigenvalue weighted by molar-refractivity contribution is -0.132. The van der Waals surface area contributed by atoms with E-state index in [2.05, 4.69) is 74.3 Å². The van der Waals surface area contributed by atoms with Crippen LogP contribution in [0, 0.1) is 5.92 Å². The Bertz CT molecular complexity index is 1140. The Hall–Kier alpha value is -3.06. The molecule has 0 atom stereocenters. The fourth-order valence-electron chi connectivity index (χ4n) is 5.11. The Morgan fingerprint density at radius 2 is 1.55 bits per heavy atom. The van der Waals surface area contributed by atoms with E-state index < -0.39 is 0 Å². The number of hydrogen-bond donors (Lipinski definition) is 0. The average molecular weight is 445 g/mol. The molecule has 1 saturated carbocycles. The normalized spacial score (nSPS) is 20.0. The van der Waals surface area contributed by atoms with Crippen molar-refractivity contribution < 1.29 is 4.79 Å². The summed E-state index contributed by atoms with van der Waals surface area (Å²) >= 11 is 0. The molecule has 4 heterocycles. The number of anilines is 2. The molecule has 0 spiro atoms. The summed E-state index contributed by atoms with van der Waals surface area (Å²) in [6, 6.07) is 13.3. The molecular formula is C26H32N6O. The van der Waals surface area contributed by atoms with Gasteiger partial charge >= 0.3 is 0 Å². The molecule has 7 nitrogen and oxygen atoms in total. The molecule has 0 bridgehead atoms. The molecule has 0 N–H and O–H groups in total. The second-order valence-electron chi connectivity index (χ2n) is 9.70. The topological polar surface area (TPSA) is 47.3 Å². The monoisotopic (exact) mass is 444 g/mol. The van der Waals surface area contributed by atoms with Crippen LogP contribution in [-0.4, -0.2) is 84.7 Å². The first-order valence-corrected chi connectivity index (χ1v) is 12.2. The molecule has 6 rings (SSSR count). The molecule has 33 heavy (non-hydrogen) atoms. The van der Waals surface area contributed by atoms with E-state index in [0.717, 1.165) is 70.7 Å². The van der Waals surface area contributed by atoms with Crippen LogP contribution in [0.2, 0.25) is 0 Å². The fourth-order valence-corrected chi connectivity index (χ4v) is 5.11. The van der Waals surface area contributed by atoms with Gasteiger partial charge in [0.25, 0.3) is 0 Å². The van der Waals surface area contributed by atoms with Crippen molar-refractivity contribution in [2.45, 2.75) is 12.8 Å². The molecule has 2 aliphatic heterocycles. The van der Waals surface area contributed by atoms with Gasteiger partial charge in [0, 0.05) is 81.9 Å². The summed E-state index contributed by atoms with van der Waals surface area (Å²) in [5.41, 5.74) is 6.01. The maximum atomic E-state index is 12.4. The second kappa shape index (κ2) is 8.37. The Balaban J connectivity index is 1.19. The van der Waals surface area contributed by atoms with Gasteiger partial charge in [-0.3, -0.25) is 4.79 Å². The number of benzene rings is 1. The average Bonchev–Trinajstić information content (AvgIpc) is 3.62. The molecule has 3 aromatic rings. The Labute approximate surface area is 195 Å². The van der Waals surface area contributed by atoms with E-state index in [4.69, 9.17) is 0 Å². The van der Waals surface area contributed by atoms with Gasteiger partial charge in [-0.15, -0.1) is 0 Å². The molecule has 172 valence electrons. The zero-order valence-electron chi connectivity index (χ0n) is 19.4. The fraction of sp³-hybridized carbons (Fsp3) is 0.462. The van der Waals surface area contributed by atoms with Crippen LogP contribution in [0.15, 0.2) is 48.8 Å². The minimum atomic E-state index is 0.306. The first-order valence-electron chi connectivity index (χ1n) is 12.2. The highest BCUT2D eigenvalue weighted by Gasteiger charge is 2.34. The first kappa shape index (κ1) is 20.5. The number of rotatable bonds is 4. The largest absolute Gasteiger partial charge is 0.369 e. The number of amides is 1. The molecule has 2 saturated heterocycles. The van der Waals surface area contributed by atoms with E-state index in [1.165, 1.54) is 22.5 Å². The lowest BCUT2D eigenvalue weighted by atomic mass is 10.1. The molecule has 0 unspecified atom stereocenters. The van der Waals surface area contributed by atoms with Gasteiger partial charge in [-0.1, -0.05) is 12.1 Å². The van der Waals surface area contributed by atoms with Gasteiger partial charge in [0.15, 0.2) is 0 Å². The minimum Gasteiger partial charge on any atom is -0.369 e. The van der Waals surface area contributed by atoms with Crippen molar-refractivity contribution in [3.63, 3.8) is 0 Å². The van der Waals surface area contributed by atoms with Crippen LogP contribution >= 0.6 is 0 Å². The van der Waals surface area contributed by atoms with E-state index >= 15 is 0 Å². The van der Waals surface area contributed by atoms with Crippen molar-refractivity contribution >= 4 is 22.8 Å². The third-order valence-electron chi connectivity index (χ3n) is 7.41. The Morgan fingerprint density at radius 1 is 0.848 bits per heavy atom. The molecule has 3 aliphatic rings. The van der Waals surface area contributed by atoms with E-state index in [1.807, 2.05) is 10.7 Å². The number of fused-ring (bicyclic) bond motifs is 1. The number of piperazine rings is 2. The minimum absolute atomic E-state index is 0.306. The number of carbonyl (C=O) groups excluding carboxylic acids is 1. The van der Waals surface area contributed by atoms with Gasteiger partial charge in [0.2, 0.25) is 5.91 Å². The zero-order valence-corrected chi connectivity index (χ0v) is 19.4. The summed E-state index contributed by atoms with van der Waals surface area (Å²) in [5, 5.41) is 4.57. The van der Waals surface area contributed by atoms with Gasteiger partial charge in [0.1, 0.15) is 0 Å². The van der Waals surface area contributed by atoms with Crippen LogP contribution in [0.1, 0.15) is 12.8 Å². The van der Waals surface area contributed by atoms with Gasteiger partial charge in [-0.2, -0.15) is 5.10 Å². The highest BCUT2D eigenvalue weighted by molar-refractivity contribution is 5.82. The standard InChI is InChI=1S/C26H32N6O/c1-28-10-12-29(13-11-28)23-6-4-20(5-7-23)22-18-25-24(8-9-27-32(25)19-22)30-14-16-31(17-15-30)26(33)21-2-3-21/h4-9,18-19,21H,2-3,10-17H2,1H3. The summed E-state index contributed by atoms with van der Waals surface area (Å²) < 4.78 is 1.99. The van der Waals surface area contributed by atoms with E-state index in [9.17, 15) is 4.79 Å². The van der Waals surface area contributed by atoms with Crippen LogP contribution in [0.4, 0.5) is 11.4 Å². The number of carbonyl (C=O) groups is 1. The molecule has 2 aromatic heterocycles. The summed E-state index contributed by atoms with van der Waals surface area (Å²) in [6.07, 6.45) is 6.15. The third kappa shape index (κ3) is 4.06. The van der Waals surface area contributed by atoms with E-state index in [-0.39, 0.29) is 0 Å². The SMILES string of the molecule is CN1CCN(c2ccc(-c3cc4c(N5CCN(C(=O)C6CC6)CC5)ccnn4c3)cc2)CC1. The molecule has 7 heteroatoms.